The first kappa shape index (κ1) is 12.7. The molecule has 1 aromatic heterocycles. The van der Waals surface area contributed by atoms with Crippen molar-refractivity contribution in [2.45, 2.75) is 13.5 Å². The van der Waals surface area contributed by atoms with Crippen molar-refractivity contribution in [3.05, 3.63) is 42.4 Å². The summed E-state index contributed by atoms with van der Waals surface area (Å²) in [6, 6.07) is 10.1. The van der Waals surface area contributed by atoms with E-state index in [-0.39, 0.29) is 12.4 Å². The van der Waals surface area contributed by atoms with Crippen LogP contribution < -0.4 is 0 Å². The molecule has 0 fully saturated rings. The summed E-state index contributed by atoms with van der Waals surface area (Å²) < 4.78 is 5.36. The van der Waals surface area contributed by atoms with E-state index in [9.17, 15) is 0 Å². The summed E-state index contributed by atoms with van der Waals surface area (Å²) in [7, 11) is 0. The van der Waals surface area contributed by atoms with Crippen molar-refractivity contribution in [1.82, 2.24) is 9.97 Å². The maximum atomic E-state index is 5.36. The molecule has 4 heteroatoms. The van der Waals surface area contributed by atoms with Crippen LogP contribution in [0.1, 0.15) is 12.6 Å². The number of hydrogen-bond acceptors (Lipinski definition) is 2. The molecule has 16 heavy (non-hydrogen) atoms. The number of nitrogens with one attached hydrogen (secondary N) is 1. The van der Waals surface area contributed by atoms with Gasteiger partial charge in [0.05, 0.1) is 24.3 Å². The molecule has 1 N–H and O–H groups in total. The van der Waals surface area contributed by atoms with Crippen molar-refractivity contribution in [2.24, 2.45) is 0 Å². The lowest BCUT2D eigenvalue weighted by atomic mass is 10.1. The third-order valence-electron chi connectivity index (χ3n) is 2.22. The maximum Gasteiger partial charge on any atom is 0.0929 e. The highest BCUT2D eigenvalue weighted by molar-refractivity contribution is 5.85. The van der Waals surface area contributed by atoms with Crippen LogP contribution in [0.5, 0.6) is 0 Å². The van der Waals surface area contributed by atoms with E-state index in [2.05, 4.69) is 22.1 Å². The molecule has 0 aliphatic heterocycles. The van der Waals surface area contributed by atoms with Crippen molar-refractivity contribution >= 4 is 12.4 Å². The zero-order valence-electron chi connectivity index (χ0n) is 9.14. The molecule has 2 rings (SSSR count). The Balaban J connectivity index is 0.00000128. The van der Waals surface area contributed by atoms with Crippen molar-refractivity contribution in [2.75, 3.05) is 6.61 Å². The van der Waals surface area contributed by atoms with E-state index in [0.717, 1.165) is 17.0 Å². The second-order valence-electron chi connectivity index (χ2n) is 3.23. The second-order valence-corrected chi connectivity index (χ2v) is 3.23. The monoisotopic (exact) mass is 238 g/mol. The van der Waals surface area contributed by atoms with Crippen LogP contribution in [0.3, 0.4) is 0 Å². The fourth-order valence-electron chi connectivity index (χ4n) is 1.49. The number of benzene rings is 1. The van der Waals surface area contributed by atoms with Crippen LogP contribution in [0.15, 0.2) is 36.7 Å². The lowest BCUT2D eigenvalue weighted by molar-refractivity contribution is 0.132. The average molecular weight is 239 g/mol. The standard InChI is InChI=1S/C12H14N2O.ClH/c1-2-15-8-11-12(14-9-13-11)10-6-4-3-5-7-10;/h3-7,9H,2,8H2,1H3,(H,13,14);1H. The van der Waals surface area contributed by atoms with Crippen LogP contribution in [0.2, 0.25) is 0 Å². The van der Waals surface area contributed by atoms with E-state index < -0.39 is 0 Å². The lowest BCUT2D eigenvalue weighted by Crippen LogP contribution is -1.94. The smallest absolute Gasteiger partial charge is 0.0929 e. The van der Waals surface area contributed by atoms with E-state index in [1.54, 1.807) is 6.33 Å². The van der Waals surface area contributed by atoms with Crippen molar-refractivity contribution < 1.29 is 4.74 Å². The van der Waals surface area contributed by atoms with Gasteiger partial charge >= 0.3 is 0 Å². The molecule has 0 atom stereocenters. The van der Waals surface area contributed by atoms with Crippen LogP contribution in [-0.4, -0.2) is 16.6 Å². The molecule has 0 radical (unpaired) electrons. The quantitative estimate of drug-likeness (QED) is 0.889. The molecule has 1 aromatic carbocycles. The van der Waals surface area contributed by atoms with Crippen molar-refractivity contribution in [3.63, 3.8) is 0 Å². The first-order valence-corrected chi connectivity index (χ1v) is 5.07. The Morgan fingerprint density at radius 1 is 1.25 bits per heavy atom. The summed E-state index contributed by atoms with van der Waals surface area (Å²) >= 11 is 0. The highest BCUT2D eigenvalue weighted by Gasteiger charge is 2.06. The molecule has 0 spiro atoms. The summed E-state index contributed by atoms with van der Waals surface area (Å²) in [5, 5.41) is 0. The summed E-state index contributed by atoms with van der Waals surface area (Å²) in [6.45, 7) is 3.25. The number of nitrogens with zero attached hydrogens (tertiary/aromatic N) is 1. The van der Waals surface area contributed by atoms with E-state index in [4.69, 9.17) is 4.74 Å². The number of imidazole rings is 1. The van der Waals surface area contributed by atoms with Gasteiger partial charge in [-0.15, -0.1) is 12.4 Å². The van der Waals surface area contributed by atoms with Gasteiger partial charge in [-0.3, -0.25) is 0 Å². The molecule has 3 nitrogen and oxygen atoms in total. The van der Waals surface area contributed by atoms with Crippen LogP contribution in [0, 0.1) is 0 Å². The van der Waals surface area contributed by atoms with Gasteiger partial charge in [0.1, 0.15) is 0 Å². The molecule has 0 amide bonds. The highest BCUT2D eigenvalue weighted by Crippen LogP contribution is 2.20. The first-order valence-electron chi connectivity index (χ1n) is 5.07. The van der Waals surface area contributed by atoms with Crippen LogP contribution >= 0.6 is 12.4 Å². The van der Waals surface area contributed by atoms with Gasteiger partial charge in [-0.25, -0.2) is 4.98 Å². The third kappa shape index (κ3) is 2.84. The van der Waals surface area contributed by atoms with Crippen molar-refractivity contribution in [1.29, 1.82) is 0 Å². The van der Waals surface area contributed by atoms with E-state index >= 15 is 0 Å². The molecule has 86 valence electrons. The highest BCUT2D eigenvalue weighted by atomic mass is 35.5. The minimum Gasteiger partial charge on any atom is -0.375 e. The fraction of sp³-hybridized carbons (Fsp3) is 0.250. The Bertz CT molecular complexity index is 414. The SMILES string of the molecule is CCOCc1nc[nH]c1-c1ccccc1.Cl. The molecule has 1 heterocycles. The molecule has 0 bridgehead atoms. The largest absolute Gasteiger partial charge is 0.375 e. The molecule has 0 aliphatic rings. The number of rotatable bonds is 4. The van der Waals surface area contributed by atoms with Gasteiger partial charge in [-0.1, -0.05) is 30.3 Å². The van der Waals surface area contributed by atoms with E-state index in [1.807, 2.05) is 25.1 Å². The van der Waals surface area contributed by atoms with Gasteiger partial charge in [0.25, 0.3) is 0 Å². The Kier molecular flexibility index (Phi) is 5.02. The topological polar surface area (TPSA) is 37.9 Å². The van der Waals surface area contributed by atoms with Gasteiger partial charge in [-0.2, -0.15) is 0 Å². The predicted molar refractivity (Wildman–Crippen MR) is 66.6 cm³/mol. The van der Waals surface area contributed by atoms with Gasteiger partial charge in [0, 0.05) is 6.61 Å². The normalized spacial score (nSPS) is 9.81. The minimum atomic E-state index is 0. The number of aromatic amines is 1. The summed E-state index contributed by atoms with van der Waals surface area (Å²) in [4.78, 5) is 7.39. The summed E-state index contributed by atoms with van der Waals surface area (Å²) in [5.74, 6) is 0. The number of aromatic nitrogens is 2. The molecule has 0 saturated heterocycles. The molecule has 0 aliphatic carbocycles. The number of ether oxygens (including phenoxy) is 1. The Hall–Kier alpha value is -1.32. The maximum absolute atomic E-state index is 5.36. The van der Waals surface area contributed by atoms with Gasteiger partial charge < -0.3 is 9.72 Å². The zero-order chi connectivity index (χ0) is 10.5. The Morgan fingerprint density at radius 3 is 2.69 bits per heavy atom. The molecular formula is C12H15ClN2O. The lowest BCUT2D eigenvalue weighted by Gasteiger charge is -2.02. The number of halogens is 1. The molecule has 2 aromatic rings. The molecule has 0 saturated carbocycles. The average Bonchev–Trinajstić information content (AvgIpc) is 2.75. The summed E-state index contributed by atoms with van der Waals surface area (Å²) in [6.07, 6.45) is 1.71. The predicted octanol–water partition coefficient (Wildman–Crippen LogP) is 3.04. The van der Waals surface area contributed by atoms with Gasteiger partial charge in [-0.05, 0) is 12.5 Å². The van der Waals surface area contributed by atoms with Gasteiger partial charge in [0.15, 0.2) is 0 Å². The van der Waals surface area contributed by atoms with Gasteiger partial charge in [0.2, 0.25) is 0 Å². The van der Waals surface area contributed by atoms with E-state index in [1.165, 1.54) is 0 Å². The van der Waals surface area contributed by atoms with Crippen LogP contribution in [0.4, 0.5) is 0 Å². The molecule has 0 unspecified atom stereocenters. The Labute approximate surface area is 101 Å². The zero-order valence-corrected chi connectivity index (χ0v) is 9.96. The van der Waals surface area contributed by atoms with E-state index in [0.29, 0.717) is 13.2 Å². The third-order valence-corrected chi connectivity index (χ3v) is 2.22. The fourth-order valence-corrected chi connectivity index (χ4v) is 1.49. The molecular weight excluding hydrogens is 224 g/mol. The van der Waals surface area contributed by atoms with Crippen LogP contribution in [-0.2, 0) is 11.3 Å². The first-order chi connectivity index (χ1) is 7.42. The Morgan fingerprint density at radius 2 is 2.00 bits per heavy atom. The van der Waals surface area contributed by atoms with Crippen LogP contribution in [0.25, 0.3) is 11.3 Å². The number of H-pyrrole nitrogens is 1. The second kappa shape index (κ2) is 6.30. The number of hydrogen-bond donors (Lipinski definition) is 1. The van der Waals surface area contributed by atoms with Crippen molar-refractivity contribution in [3.8, 4) is 11.3 Å². The summed E-state index contributed by atoms with van der Waals surface area (Å²) in [5.41, 5.74) is 3.15. The minimum absolute atomic E-state index is 0.